The summed E-state index contributed by atoms with van der Waals surface area (Å²) in [6, 6.07) is 12.7. The van der Waals surface area contributed by atoms with Gasteiger partial charge in [0.25, 0.3) is 0 Å². The van der Waals surface area contributed by atoms with Crippen molar-refractivity contribution >= 4 is 23.2 Å². The maximum absolute atomic E-state index is 13.8. The number of hydrogen-bond acceptors (Lipinski definition) is 2. The lowest BCUT2D eigenvalue weighted by atomic mass is 10.0. The highest BCUT2D eigenvalue weighted by Gasteiger charge is 2.19. The van der Waals surface area contributed by atoms with Crippen molar-refractivity contribution in [3.63, 3.8) is 0 Å². The summed E-state index contributed by atoms with van der Waals surface area (Å²) >= 11 is 5.93. The van der Waals surface area contributed by atoms with Crippen molar-refractivity contribution < 1.29 is 9.18 Å². The van der Waals surface area contributed by atoms with Crippen molar-refractivity contribution in [3.8, 4) is 11.1 Å². The van der Waals surface area contributed by atoms with Crippen LogP contribution in [0.25, 0.3) is 11.1 Å². The van der Waals surface area contributed by atoms with Gasteiger partial charge in [-0.1, -0.05) is 23.7 Å². The van der Waals surface area contributed by atoms with Crippen LogP contribution in [0, 0.1) is 19.7 Å². The predicted molar refractivity (Wildman–Crippen MR) is 102 cm³/mol. The standard InChI is InChI=1S/C20H19ClFN3O/c1-12-10-13(2)25(24-12)14(3)20(26)23-19-9-8-17(22)11-18(19)15-4-6-16(21)7-5-15/h4-11,14H,1-3H3,(H,23,26). The molecule has 0 saturated heterocycles. The lowest BCUT2D eigenvalue weighted by Crippen LogP contribution is -2.25. The first-order chi connectivity index (χ1) is 12.3. The summed E-state index contributed by atoms with van der Waals surface area (Å²) in [5.41, 5.74) is 3.65. The first-order valence-electron chi connectivity index (χ1n) is 8.24. The summed E-state index contributed by atoms with van der Waals surface area (Å²) in [6.07, 6.45) is 0. The molecule has 0 fully saturated rings. The van der Waals surface area contributed by atoms with E-state index in [1.807, 2.05) is 19.9 Å². The number of aromatic nitrogens is 2. The molecule has 0 bridgehead atoms. The van der Waals surface area contributed by atoms with Gasteiger partial charge in [0, 0.05) is 22.0 Å². The highest BCUT2D eigenvalue weighted by atomic mass is 35.5. The fourth-order valence-electron chi connectivity index (χ4n) is 2.88. The van der Waals surface area contributed by atoms with Gasteiger partial charge >= 0.3 is 0 Å². The Labute approximate surface area is 156 Å². The number of carbonyl (C=O) groups is 1. The Morgan fingerprint density at radius 1 is 1.15 bits per heavy atom. The van der Waals surface area contributed by atoms with E-state index in [1.54, 1.807) is 41.9 Å². The third-order valence-electron chi connectivity index (χ3n) is 4.19. The number of rotatable bonds is 4. The molecule has 6 heteroatoms. The first kappa shape index (κ1) is 18.1. The van der Waals surface area contributed by atoms with E-state index in [-0.39, 0.29) is 11.7 Å². The van der Waals surface area contributed by atoms with Crippen LogP contribution >= 0.6 is 11.6 Å². The number of carbonyl (C=O) groups excluding carboxylic acids is 1. The van der Waals surface area contributed by atoms with Crippen LogP contribution in [0.2, 0.25) is 5.02 Å². The number of nitrogens with one attached hydrogen (secondary N) is 1. The number of anilines is 1. The molecule has 1 unspecified atom stereocenters. The molecular formula is C20H19ClFN3O. The molecule has 1 aromatic heterocycles. The lowest BCUT2D eigenvalue weighted by molar-refractivity contribution is -0.119. The van der Waals surface area contributed by atoms with E-state index < -0.39 is 6.04 Å². The van der Waals surface area contributed by atoms with Crippen LogP contribution in [0.4, 0.5) is 10.1 Å². The summed E-state index contributed by atoms with van der Waals surface area (Å²) in [4.78, 5) is 12.7. The predicted octanol–water partition coefficient (Wildman–Crippen LogP) is 5.16. The minimum absolute atomic E-state index is 0.224. The fourth-order valence-corrected chi connectivity index (χ4v) is 3.01. The molecule has 3 aromatic rings. The van der Waals surface area contributed by atoms with Crippen LogP contribution in [0.15, 0.2) is 48.5 Å². The van der Waals surface area contributed by atoms with Crippen LogP contribution in [-0.4, -0.2) is 15.7 Å². The van der Waals surface area contributed by atoms with Crippen molar-refractivity contribution in [1.82, 2.24) is 9.78 Å². The van der Waals surface area contributed by atoms with Crippen LogP contribution < -0.4 is 5.32 Å². The second-order valence-corrected chi connectivity index (χ2v) is 6.67. The summed E-state index contributed by atoms with van der Waals surface area (Å²) in [5.74, 6) is -0.599. The molecule has 1 N–H and O–H groups in total. The number of benzene rings is 2. The maximum Gasteiger partial charge on any atom is 0.248 e. The number of halogens is 2. The Hall–Kier alpha value is -2.66. The van der Waals surface area contributed by atoms with E-state index in [9.17, 15) is 9.18 Å². The normalized spacial score (nSPS) is 12.0. The zero-order valence-electron chi connectivity index (χ0n) is 14.8. The first-order valence-corrected chi connectivity index (χ1v) is 8.62. The molecule has 1 amide bonds. The second kappa shape index (κ2) is 7.30. The largest absolute Gasteiger partial charge is 0.324 e. The van der Waals surface area contributed by atoms with Crippen molar-refractivity contribution in [2.75, 3.05) is 5.32 Å². The monoisotopic (exact) mass is 371 g/mol. The highest BCUT2D eigenvalue weighted by Crippen LogP contribution is 2.30. The molecule has 3 rings (SSSR count). The van der Waals surface area contributed by atoms with E-state index in [4.69, 9.17) is 11.6 Å². The van der Waals surface area contributed by atoms with Gasteiger partial charge in [-0.05, 0) is 62.7 Å². The third-order valence-corrected chi connectivity index (χ3v) is 4.44. The molecule has 0 aliphatic rings. The van der Waals surface area contributed by atoms with Gasteiger partial charge in [0.05, 0.1) is 5.69 Å². The zero-order chi connectivity index (χ0) is 18.8. The Balaban J connectivity index is 1.91. The molecule has 0 radical (unpaired) electrons. The molecule has 2 aromatic carbocycles. The van der Waals surface area contributed by atoms with Gasteiger partial charge in [-0.15, -0.1) is 0 Å². The molecule has 26 heavy (non-hydrogen) atoms. The van der Waals surface area contributed by atoms with Gasteiger partial charge in [-0.2, -0.15) is 5.10 Å². The van der Waals surface area contributed by atoms with Gasteiger partial charge in [0.2, 0.25) is 5.91 Å². The summed E-state index contributed by atoms with van der Waals surface area (Å²) in [7, 11) is 0. The average Bonchev–Trinajstić information content (AvgIpc) is 2.94. The van der Waals surface area contributed by atoms with Crippen LogP contribution in [0.5, 0.6) is 0 Å². The molecule has 1 heterocycles. The van der Waals surface area contributed by atoms with Gasteiger partial charge in [-0.25, -0.2) is 4.39 Å². The topological polar surface area (TPSA) is 46.9 Å². The number of hydrogen-bond donors (Lipinski definition) is 1. The summed E-state index contributed by atoms with van der Waals surface area (Å²) in [5, 5.41) is 7.84. The SMILES string of the molecule is Cc1cc(C)n(C(C)C(=O)Nc2ccc(F)cc2-c2ccc(Cl)cc2)n1. The zero-order valence-corrected chi connectivity index (χ0v) is 15.5. The molecule has 4 nitrogen and oxygen atoms in total. The third kappa shape index (κ3) is 3.78. The van der Waals surface area contributed by atoms with Gasteiger partial charge < -0.3 is 5.32 Å². The van der Waals surface area contributed by atoms with Crippen LogP contribution in [-0.2, 0) is 4.79 Å². The molecule has 0 aliphatic heterocycles. The number of amides is 1. The number of nitrogens with zero attached hydrogens (tertiary/aromatic N) is 2. The number of aryl methyl sites for hydroxylation is 2. The van der Waals surface area contributed by atoms with E-state index >= 15 is 0 Å². The molecule has 0 saturated carbocycles. The van der Waals surface area contributed by atoms with E-state index in [0.717, 1.165) is 17.0 Å². The van der Waals surface area contributed by atoms with E-state index in [2.05, 4.69) is 10.4 Å². The summed E-state index contributed by atoms with van der Waals surface area (Å²) in [6.45, 7) is 5.56. The summed E-state index contributed by atoms with van der Waals surface area (Å²) < 4.78 is 15.5. The van der Waals surface area contributed by atoms with Gasteiger partial charge in [-0.3, -0.25) is 9.48 Å². The molecule has 0 spiro atoms. The minimum Gasteiger partial charge on any atom is -0.324 e. The molecule has 134 valence electrons. The Morgan fingerprint density at radius 3 is 2.46 bits per heavy atom. The van der Waals surface area contributed by atoms with Crippen LogP contribution in [0.1, 0.15) is 24.4 Å². The Morgan fingerprint density at radius 2 is 1.85 bits per heavy atom. The van der Waals surface area contributed by atoms with Crippen molar-refractivity contribution in [3.05, 3.63) is 70.8 Å². The van der Waals surface area contributed by atoms with Crippen molar-refractivity contribution in [2.45, 2.75) is 26.8 Å². The van der Waals surface area contributed by atoms with Crippen molar-refractivity contribution in [2.24, 2.45) is 0 Å². The van der Waals surface area contributed by atoms with Crippen molar-refractivity contribution in [1.29, 1.82) is 0 Å². The average molecular weight is 372 g/mol. The quantitative estimate of drug-likeness (QED) is 0.688. The highest BCUT2D eigenvalue weighted by molar-refractivity contribution is 6.30. The Bertz CT molecular complexity index is 950. The Kier molecular flexibility index (Phi) is 5.09. The minimum atomic E-state index is -0.494. The van der Waals surface area contributed by atoms with E-state index in [0.29, 0.717) is 16.3 Å². The van der Waals surface area contributed by atoms with Gasteiger partial charge in [0.1, 0.15) is 11.9 Å². The van der Waals surface area contributed by atoms with E-state index in [1.165, 1.54) is 12.1 Å². The smallest absolute Gasteiger partial charge is 0.248 e. The molecule has 1 atom stereocenters. The second-order valence-electron chi connectivity index (χ2n) is 6.23. The maximum atomic E-state index is 13.8. The van der Waals surface area contributed by atoms with Crippen LogP contribution in [0.3, 0.4) is 0 Å². The lowest BCUT2D eigenvalue weighted by Gasteiger charge is -2.17. The fraction of sp³-hybridized carbons (Fsp3) is 0.200. The van der Waals surface area contributed by atoms with Gasteiger partial charge in [0.15, 0.2) is 0 Å². The molecule has 0 aliphatic carbocycles. The molecular weight excluding hydrogens is 353 g/mol.